The van der Waals surface area contributed by atoms with E-state index < -0.39 is 24.3 Å². The lowest BCUT2D eigenvalue weighted by molar-refractivity contribution is 0.162. The van der Waals surface area contributed by atoms with Gasteiger partial charge < -0.3 is 31.5 Å². The third-order valence-electron chi connectivity index (χ3n) is 3.74. The summed E-state index contributed by atoms with van der Waals surface area (Å²) < 4.78 is 0. The smallest absolute Gasteiger partial charge is 0.405 e. The highest BCUT2D eigenvalue weighted by Crippen LogP contribution is 2.27. The molecular formula is C13H19N5O4. The van der Waals surface area contributed by atoms with Gasteiger partial charge in [-0.15, -0.1) is 0 Å². The van der Waals surface area contributed by atoms with Crippen LogP contribution in [0.3, 0.4) is 0 Å². The van der Waals surface area contributed by atoms with Crippen molar-refractivity contribution in [3.63, 3.8) is 0 Å². The summed E-state index contributed by atoms with van der Waals surface area (Å²) in [4.78, 5) is 27.8. The summed E-state index contributed by atoms with van der Waals surface area (Å²) in [5.41, 5.74) is 7.16. The molecule has 9 heteroatoms. The summed E-state index contributed by atoms with van der Waals surface area (Å²) in [6.45, 7) is 2.73. The van der Waals surface area contributed by atoms with Crippen LogP contribution < -0.4 is 21.3 Å². The van der Waals surface area contributed by atoms with Gasteiger partial charge in [-0.3, -0.25) is 4.98 Å². The van der Waals surface area contributed by atoms with E-state index in [-0.39, 0.29) is 5.92 Å². The maximum atomic E-state index is 11.0. The first-order valence-corrected chi connectivity index (χ1v) is 6.82. The molecule has 1 fully saturated rings. The minimum Gasteiger partial charge on any atom is -0.465 e. The first-order chi connectivity index (χ1) is 10.4. The van der Waals surface area contributed by atoms with Crippen LogP contribution in [-0.2, 0) is 0 Å². The van der Waals surface area contributed by atoms with Crippen molar-refractivity contribution in [2.24, 2.45) is 5.92 Å². The van der Waals surface area contributed by atoms with Crippen LogP contribution in [-0.4, -0.2) is 52.6 Å². The molecule has 0 bridgehead atoms. The summed E-state index contributed by atoms with van der Waals surface area (Å²) >= 11 is 0. The summed E-state index contributed by atoms with van der Waals surface area (Å²) in [6, 6.07) is 0.669. The zero-order chi connectivity index (χ0) is 16.3. The normalized spacial score (nSPS) is 24.6. The van der Waals surface area contributed by atoms with Gasteiger partial charge in [-0.2, -0.15) is 0 Å². The molecule has 0 spiro atoms. The monoisotopic (exact) mass is 309 g/mol. The summed E-state index contributed by atoms with van der Waals surface area (Å²) in [7, 11) is 0. The zero-order valence-corrected chi connectivity index (χ0v) is 12.1. The Kier molecular flexibility index (Phi) is 4.54. The van der Waals surface area contributed by atoms with E-state index in [1.807, 2.05) is 11.8 Å². The van der Waals surface area contributed by atoms with Crippen LogP contribution in [0, 0.1) is 5.92 Å². The van der Waals surface area contributed by atoms with Crippen LogP contribution in [0.15, 0.2) is 18.5 Å². The van der Waals surface area contributed by atoms with Gasteiger partial charge in [0.25, 0.3) is 0 Å². The highest BCUT2D eigenvalue weighted by atomic mass is 16.4. The summed E-state index contributed by atoms with van der Waals surface area (Å²) in [6.07, 6.45) is 0.767. The molecule has 22 heavy (non-hydrogen) atoms. The number of nitrogen functional groups attached to an aromatic ring is 1. The number of pyridine rings is 1. The van der Waals surface area contributed by atoms with Crippen LogP contribution >= 0.6 is 0 Å². The van der Waals surface area contributed by atoms with Crippen LogP contribution in [0.2, 0.25) is 0 Å². The number of piperidine rings is 1. The van der Waals surface area contributed by atoms with Crippen molar-refractivity contribution in [3.8, 4) is 0 Å². The number of hydrogen-bond acceptors (Lipinski definition) is 5. The summed E-state index contributed by atoms with van der Waals surface area (Å²) in [5.74, 6) is -0.103. The van der Waals surface area contributed by atoms with Crippen LogP contribution in [0.4, 0.5) is 21.0 Å². The number of rotatable bonds is 3. The van der Waals surface area contributed by atoms with Gasteiger partial charge in [-0.05, 0) is 12.0 Å². The molecule has 1 saturated heterocycles. The van der Waals surface area contributed by atoms with Gasteiger partial charge in [0, 0.05) is 19.3 Å². The van der Waals surface area contributed by atoms with E-state index in [9.17, 15) is 9.59 Å². The molecule has 1 aromatic rings. The highest BCUT2D eigenvalue weighted by molar-refractivity contribution is 5.69. The molecule has 9 nitrogen and oxygen atoms in total. The van der Waals surface area contributed by atoms with E-state index in [0.717, 1.165) is 5.69 Å². The first kappa shape index (κ1) is 15.7. The maximum Gasteiger partial charge on any atom is 0.405 e. The summed E-state index contributed by atoms with van der Waals surface area (Å²) in [5, 5.41) is 22.7. The van der Waals surface area contributed by atoms with Gasteiger partial charge in [0.15, 0.2) is 0 Å². The van der Waals surface area contributed by atoms with Crippen molar-refractivity contribution in [3.05, 3.63) is 18.5 Å². The van der Waals surface area contributed by atoms with Gasteiger partial charge in [0.1, 0.15) is 0 Å². The molecule has 0 radical (unpaired) electrons. The van der Waals surface area contributed by atoms with Crippen molar-refractivity contribution in [2.75, 3.05) is 23.7 Å². The van der Waals surface area contributed by atoms with E-state index >= 15 is 0 Å². The number of anilines is 2. The third kappa shape index (κ3) is 3.48. The molecule has 1 aliphatic heterocycles. The predicted molar refractivity (Wildman–Crippen MR) is 79.9 cm³/mol. The maximum absolute atomic E-state index is 11.0. The fraction of sp³-hybridized carbons (Fsp3) is 0.462. The van der Waals surface area contributed by atoms with E-state index in [2.05, 4.69) is 15.6 Å². The molecule has 2 amide bonds. The molecule has 0 aliphatic carbocycles. The Balaban J connectivity index is 2.23. The molecule has 2 rings (SSSR count). The van der Waals surface area contributed by atoms with Crippen molar-refractivity contribution >= 4 is 23.6 Å². The fourth-order valence-corrected chi connectivity index (χ4v) is 2.85. The van der Waals surface area contributed by atoms with Gasteiger partial charge >= 0.3 is 12.2 Å². The minimum absolute atomic E-state index is 0.103. The average molecular weight is 309 g/mol. The number of carboxylic acid groups (broad SMARTS) is 2. The molecule has 2 heterocycles. The van der Waals surface area contributed by atoms with Crippen LogP contribution in [0.1, 0.15) is 6.92 Å². The van der Waals surface area contributed by atoms with E-state index in [4.69, 9.17) is 15.9 Å². The lowest BCUT2D eigenvalue weighted by Gasteiger charge is -2.43. The number of nitrogens with zero attached hydrogens (tertiary/aromatic N) is 2. The Labute approximate surface area is 127 Å². The van der Waals surface area contributed by atoms with Gasteiger partial charge in [0.05, 0.1) is 29.7 Å². The SMILES string of the molecule is C[C@H]1CN(c2ccncc2N)C[C@@H](NC(=O)O)[C@H]1NC(=O)O. The largest absolute Gasteiger partial charge is 0.465 e. The Morgan fingerprint density at radius 3 is 2.59 bits per heavy atom. The minimum atomic E-state index is -1.20. The molecule has 0 unspecified atom stereocenters. The average Bonchev–Trinajstić information content (AvgIpc) is 2.42. The fourth-order valence-electron chi connectivity index (χ4n) is 2.85. The van der Waals surface area contributed by atoms with Crippen molar-refractivity contribution < 1.29 is 19.8 Å². The first-order valence-electron chi connectivity index (χ1n) is 6.82. The van der Waals surface area contributed by atoms with Crippen molar-refractivity contribution in [2.45, 2.75) is 19.0 Å². The second-order valence-corrected chi connectivity index (χ2v) is 5.35. The number of amides is 2. The highest BCUT2D eigenvalue weighted by Gasteiger charge is 2.37. The lowest BCUT2D eigenvalue weighted by atomic mass is 9.89. The number of nitrogens with one attached hydrogen (secondary N) is 2. The zero-order valence-electron chi connectivity index (χ0n) is 12.1. The molecular weight excluding hydrogens is 290 g/mol. The van der Waals surface area contributed by atoms with Gasteiger partial charge in [0.2, 0.25) is 0 Å². The second kappa shape index (κ2) is 6.37. The standard InChI is InChI=1S/C13H19N5O4/c1-7-5-18(10-2-3-15-4-8(10)14)6-9(16-12(19)20)11(7)17-13(21)22/h2-4,7,9,11,16-17H,5-6,14H2,1H3,(H,19,20)(H,21,22)/t7-,9+,11-/m0/s1. The quantitative estimate of drug-likeness (QED) is 0.544. The van der Waals surface area contributed by atoms with Crippen molar-refractivity contribution in [1.29, 1.82) is 0 Å². The molecule has 1 aliphatic rings. The molecule has 1 aromatic heterocycles. The third-order valence-corrected chi connectivity index (χ3v) is 3.74. The Bertz CT molecular complexity index is 567. The number of hydrogen-bond donors (Lipinski definition) is 5. The topological polar surface area (TPSA) is 141 Å². The Morgan fingerprint density at radius 2 is 2.00 bits per heavy atom. The predicted octanol–water partition coefficient (Wildman–Crippen LogP) is 0.392. The van der Waals surface area contributed by atoms with Gasteiger partial charge in [-0.1, -0.05) is 6.92 Å². The second-order valence-electron chi connectivity index (χ2n) is 5.35. The lowest BCUT2D eigenvalue weighted by Crippen LogP contribution is -2.64. The molecule has 0 aromatic carbocycles. The number of carbonyl (C=O) groups is 2. The molecule has 0 saturated carbocycles. The van der Waals surface area contributed by atoms with Crippen LogP contribution in [0.25, 0.3) is 0 Å². The molecule has 120 valence electrons. The van der Waals surface area contributed by atoms with Crippen LogP contribution in [0.5, 0.6) is 0 Å². The van der Waals surface area contributed by atoms with Crippen molar-refractivity contribution in [1.82, 2.24) is 15.6 Å². The van der Waals surface area contributed by atoms with E-state index in [1.165, 1.54) is 6.20 Å². The number of aromatic nitrogens is 1. The molecule has 6 N–H and O–H groups in total. The molecule has 3 atom stereocenters. The Morgan fingerprint density at radius 1 is 1.32 bits per heavy atom. The van der Waals surface area contributed by atoms with E-state index in [0.29, 0.717) is 18.8 Å². The van der Waals surface area contributed by atoms with Gasteiger partial charge in [-0.25, -0.2) is 9.59 Å². The van der Waals surface area contributed by atoms with E-state index in [1.54, 1.807) is 12.3 Å². The number of nitrogens with two attached hydrogens (primary N) is 1. The Hall–Kier alpha value is -2.71.